The fourth-order valence-corrected chi connectivity index (χ4v) is 2.38. The molecule has 0 N–H and O–H groups in total. The van der Waals surface area contributed by atoms with E-state index in [0.717, 1.165) is 32.2 Å². The molecule has 0 bridgehead atoms. The molecule has 1 fully saturated rings. The highest BCUT2D eigenvalue weighted by Gasteiger charge is 2.21. The quantitative estimate of drug-likeness (QED) is 0.267. The maximum absolute atomic E-state index is 5.53. The predicted octanol–water partition coefficient (Wildman–Crippen LogP) is 3.86. The molecule has 0 spiro atoms. The summed E-state index contributed by atoms with van der Waals surface area (Å²) < 4.78 is 16.0. The minimum atomic E-state index is 0.368. The summed E-state index contributed by atoms with van der Waals surface area (Å²) in [5.74, 6) is 1.04. The molecule has 1 unspecified atom stereocenters. The second-order valence-corrected chi connectivity index (χ2v) is 6.00. The van der Waals surface area contributed by atoms with Crippen LogP contribution >= 0.6 is 12.6 Å². The van der Waals surface area contributed by atoms with E-state index in [0.29, 0.717) is 12.7 Å². The van der Waals surface area contributed by atoms with E-state index in [-0.39, 0.29) is 0 Å². The number of hydrogen-bond acceptors (Lipinski definition) is 4. The third-order valence-electron chi connectivity index (χ3n) is 3.52. The first-order valence-electron chi connectivity index (χ1n) is 8.31. The molecule has 120 valence electrons. The Morgan fingerprint density at radius 2 is 1.30 bits per heavy atom. The largest absolute Gasteiger partial charge is 0.379 e. The summed E-state index contributed by atoms with van der Waals surface area (Å²) in [5.41, 5.74) is 0. The van der Waals surface area contributed by atoms with Crippen LogP contribution in [0.3, 0.4) is 0 Å². The molecule has 0 saturated carbocycles. The lowest BCUT2D eigenvalue weighted by Crippen LogP contribution is -2.08. The summed E-state index contributed by atoms with van der Waals surface area (Å²) in [6, 6.07) is 0. The van der Waals surface area contributed by atoms with Crippen molar-refractivity contribution in [1.29, 1.82) is 0 Å². The third-order valence-corrected chi connectivity index (χ3v) is 3.84. The summed E-state index contributed by atoms with van der Waals surface area (Å²) >= 11 is 4.22. The van der Waals surface area contributed by atoms with Crippen LogP contribution in [0.4, 0.5) is 0 Å². The molecule has 0 radical (unpaired) electrons. The van der Waals surface area contributed by atoms with Gasteiger partial charge in [-0.25, -0.2) is 0 Å². The molecule has 1 atom stereocenters. The van der Waals surface area contributed by atoms with Crippen LogP contribution in [-0.2, 0) is 14.2 Å². The van der Waals surface area contributed by atoms with Crippen LogP contribution in [0.25, 0.3) is 0 Å². The number of thiol groups is 1. The van der Waals surface area contributed by atoms with E-state index in [1.165, 1.54) is 57.8 Å². The van der Waals surface area contributed by atoms with E-state index in [1.807, 2.05) is 0 Å². The SMILES string of the molecule is SCCCCCCCCCCCOCCOCC1CO1. The lowest BCUT2D eigenvalue weighted by molar-refractivity contribution is 0.0405. The van der Waals surface area contributed by atoms with Crippen molar-refractivity contribution in [1.82, 2.24) is 0 Å². The molecule has 3 nitrogen and oxygen atoms in total. The molecule has 1 aliphatic heterocycles. The molecule has 0 aromatic carbocycles. The number of rotatable bonds is 16. The number of hydrogen-bond donors (Lipinski definition) is 1. The van der Waals surface area contributed by atoms with Gasteiger partial charge in [0.15, 0.2) is 0 Å². The molecule has 1 aliphatic rings. The van der Waals surface area contributed by atoms with E-state index < -0.39 is 0 Å². The number of unbranched alkanes of at least 4 members (excludes halogenated alkanes) is 8. The zero-order chi connectivity index (χ0) is 14.3. The number of epoxide rings is 1. The van der Waals surface area contributed by atoms with Crippen molar-refractivity contribution in [3.63, 3.8) is 0 Å². The Morgan fingerprint density at radius 1 is 0.750 bits per heavy atom. The van der Waals surface area contributed by atoms with Crippen LogP contribution < -0.4 is 0 Å². The number of ether oxygens (including phenoxy) is 3. The van der Waals surface area contributed by atoms with E-state index in [9.17, 15) is 0 Å². The van der Waals surface area contributed by atoms with E-state index >= 15 is 0 Å². The lowest BCUT2D eigenvalue weighted by atomic mass is 10.1. The van der Waals surface area contributed by atoms with Crippen LogP contribution in [0.1, 0.15) is 57.8 Å². The molecule has 4 heteroatoms. The topological polar surface area (TPSA) is 31.0 Å². The van der Waals surface area contributed by atoms with Crippen LogP contribution in [-0.4, -0.2) is 44.9 Å². The second-order valence-electron chi connectivity index (χ2n) is 5.55. The molecule has 20 heavy (non-hydrogen) atoms. The van der Waals surface area contributed by atoms with Crippen molar-refractivity contribution in [2.45, 2.75) is 63.9 Å². The molecule has 0 amide bonds. The van der Waals surface area contributed by atoms with Gasteiger partial charge < -0.3 is 14.2 Å². The average Bonchev–Trinajstić information content (AvgIpc) is 3.27. The molecule has 0 aromatic rings. The normalized spacial score (nSPS) is 17.6. The Labute approximate surface area is 130 Å². The minimum absolute atomic E-state index is 0.368. The highest BCUT2D eigenvalue weighted by molar-refractivity contribution is 7.80. The Morgan fingerprint density at radius 3 is 1.90 bits per heavy atom. The zero-order valence-corrected chi connectivity index (χ0v) is 13.8. The van der Waals surface area contributed by atoms with Crippen LogP contribution in [0, 0.1) is 0 Å². The van der Waals surface area contributed by atoms with E-state index in [4.69, 9.17) is 14.2 Å². The van der Waals surface area contributed by atoms with Crippen LogP contribution in [0.2, 0.25) is 0 Å². The first-order valence-corrected chi connectivity index (χ1v) is 8.94. The molecule has 1 heterocycles. The third kappa shape index (κ3) is 13.2. The van der Waals surface area contributed by atoms with Crippen LogP contribution in [0.15, 0.2) is 0 Å². The smallest absolute Gasteiger partial charge is 0.104 e. The summed E-state index contributed by atoms with van der Waals surface area (Å²) in [6.07, 6.45) is 12.4. The molecular formula is C16H32O3S. The van der Waals surface area contributed by atoms with Crippen molar-refractivity contribution >= 4 is 12.6 Å². The van der Waals surface area contributed by atoms with Gasteiger partial charge in [-0.3, -0.25) is 0 Å². The highest BCUT2D eigenvalue weighted by Crippen LogP contribution is 2.10. The standard InChI is InChI=1S/C16H32O3S/c20-13-9-7-5-3-1-2-4-6-8-10-17-11-12-18-14-16-15-19-16/h16,20H,1-15H2. The zero-order valence-electron chi connectivity index (χ0n) is 12.9. The molecule has 0 aliphatic carbocycles. The summed E-state index contributed by atoms with van der Waals surface area (Å²) in [4.78, 5) is 0. The van der Waals surface area contributed by atoms with Gasteiger partial charge in [-0.05, 0) is 18.6 Å². The Hall–Kier alpha value is 0.230. The summed E-state index contributed by atoms with van der Waals surface area (Å²) in [5, 5.41) is 0. The van der Waals surface area contributed by atoms with Crippen molar-refractivity contribution in [2.75, 3.05) is 38.8 Å². The van der Waals surface area contributed by atoms with Gasteiger partial charge in [-0.2, -0.15) is 12.6 Å². The van der Waals surface area contributed by atoms with Crippen molar-refractivity contribution in [3.05, 3.63) is 0 Å². The predicted molar refractivity (Wildman–Crippen MR) is 86.8 cm³/mol. The maximum atomic E-state index is 5.53. The maximum Gasteiger partial charge on any atom is 0.104 e. The first kappa shape index (κ1) is 18.3. The highest BCUT2D eigenvalue weighted by atomic mass is 32.1. The Bertz CT molecular complexity index is 198. The molecule has 1 rings (SSSR count). The van der Waals surface area contributed by atoms with Gasteiger partial charge in [0, 0.05) is 6.61 Å². The monoisotopic (exact) mass is 304 g/mol. The van der Waals surface area contributed by atoms with Crippen molar-refractivity contribution < 1.29 is 14.2 Å². The second kappa shape index (κ2) is 14.2. The van der Waals surface area contributed by atoms with Gasteiger partial charge in [0.1, 0.15) is 6.10 Å². The van der Waals surface area contributed by atoms with Crippen LogP contribution in [0.5, 0.6) is 0 Å². The van der Waals surface area contributed by atoms with E-state index in [1.54, 1.807) is 0 Å². The summed E-state index contributed by atoms with van der Waals surface area (Å²) in [6.45, 7) is 3.91. The fraction of sp³-hybridized carbons (Fsp3) is 1.00. The molecular weight excluding hydrogens is 272 g/mol. The van der Waals surface area contributed by atoms with Crippen molar-refractivity contribution in [3.8, 4) is 0 Å². The van der Waals surface area contributed by atoms with Gasteiger partial charge in [-0.15, -0.1) is 0 Å². The van der Waals surface area contributed by atoms with Gasteiger partial charge >= 0.3 is 0 Å². The fourth-order valence-electron chi connectivity index (χ4n) is 2.15. The van der Waals surface area contributed by atoms with Crippen molar-refractivity contribution in [2.24, 2.45) is 0 Å². The Kier molecular flexibility index (Phi) is 13.0. The lowest BCUT2D eigenvalue weighted by Gasteiger charge is -2.05. The minimum Gasteiger partial charge on any atom is -0.379 e. The van der Waals surface area contributed by atoms with Gasteiger partial charge in [0.05, 0.1) is 26.4 Å². The molecule has 0 aromatic heterocycles. The van der Waals surface area contributed by atoms with E-state index in [2.05, 4.69) is 12.6 Å². The first-order chi connectivity index (χ1) is 9.93. The molecule has 1 saturated heterocycles. The van der Waals surface area contributed by atoms with Gasteiger partial charge in [-0.1, -0.05) is 44.9 Å². The summed E-state index contributed by atoms with van der Waals surface area (Å²) in [7, 11) is 0. The average molecular weight is 304 g/mol. The van der Waals surface area contributed by atoms with Gasteiger partial charge in [0.2, 0.25) is 0 Å². The van der Waals surface area contributed by atoms with Gasteiger partial charge in [0.25, 0.3) is 0 Å². The Balaban J connectivity index is 1.60.